The van der Waals surface area contributed by atoms with Crippen LogP contribution in [0.4, 0.5) is 0 Å². The highest BCUT2D eigenvalue weighted by atomic mass is 28.4. The molecule has 0 spiro atoms. The predicted molar refractivity (Wildman–Crippen MR) is 70.5 cm³/mol. The molecule has 1 aliphatic heterocycles. The summed E-state index contributed by atoms with van der Waals surface area (Å²) < 4.78 is 11.0. The zero-order valence-electron chi connectivity index (χ0n) is 11.8. The smallest absolute Gasteiger partial charge is 0.324 e. The van der Waals surface area contributed by atoms with Crippen LogP contribution in [0.3, 0.4) is 0 Å². The van der Waals surface area contributed by atoms with Crippen molar-refractivity contribution in [2.75, 3.05) is 13.2 Å². The van der Waals surface area contributed by atoms with Gasteiger partial charge in [-0.3, -0.25) is 10.1 Å². The average molecular weight is 259 g/mol. The van der Waals surface area contributed by atoms with E-state index in [-0.39, 0.29) is 23.1 Å². The van der Waals surface area contributed by atoms with Crippen molar-refractivity contribution in [2.24, 2.45) is 0 Å². The lowest BCUT2D eigenvalue weighted by atomic mass is 10.2. The first kappa shape index (κ1) is 14.7. The van der Waals surface area contributed by atoms with Crippen LogP contribution >= 0.6 is 0 Å². The molecule has 17 heavy (non-hydrogen) atoms. The van der Waals surface area contributed by atoms with Crippen LogP contribution in [0.15, 0.2) is 0 Å². The Labute approximate surface area is 105 Å². The lowest BCUT2D eigenvalue weighted by Gasteiger charge is -2.36. The molecule has 100 valence electrons. The zero-order chi connectivity index (χ0) is 13.3. The van der Waals surface area contributed by atoms with E-state index in [0.717, 1.165) is 0 Å². The van der Waals surface area contributed by atoms with Crippen LogP contribution in [0.2, 0.25) is 18.1 Å². The van der Waals surface area contributed by atoms with Crippen LogP contribution in [0.5, 0.6) is 0 Å². The Morgan fingerprint density at radius 2 is 1.94 bits per heavy atom. The second-order valence-corrected chi connectivity index (χ2v) is 10.9. The minimum absolute atomic E-state index is 0.142. The van der Waals surface area contributed by atoms with Gasteiger partial charge < -0.3 is 9.16 Å². The zero-order valence-corrected chi connectivity index (χ0v) is 12.8. The molecule has 0 bridgehead atoms. The molecule has 1 rings (SSSR count). The molecular weight excluding hydrogens is 234 g/mol. The Morgan fingerprint density at radius 3 is 2.41 bits per heavy atom. The highest BCUT2D eigenvalue weighted by molar-refractivity contribution is 6.74. The quantitative estimate of drug-likeness (QED) is 0.465. The molecular formula is C12H25NO3Si. The second-order valence-electron chi connectivity index (χ2n) is 6.07. The van der Waals surface area contributed by atoms with Gasteiger partial charge >= 0.3 is 5.97 Å². The van der Waals surface area contributed by atoms with Crippen LogP contribution in [0.1, 0.15) is 27.7 Å². The first-order chi connectivity index (χ1) is 7.69. The minimum atomic E-state index is -1.70. The Hall–Kier alpha value is -0.393. The van der Waals surface area contributed by atoms with Gasteiger partial charge in [-0.25, -0.2) is 0 Å². The topological polar surface area (TPSA) is 57.5 Å². The monoisotopic (exact) mass is 259 g/mol. The molecule has 2 atom stereocenters. The van der Waals surface area contributed by atoms with Gasteiger partial charge in [0.05, 0.1) is 19.3 Å². The van der Waals surface area contributed by atoms with Crippen molar-refractivity contribution in [3.05, 3.63) is 0 Å². The largest absolute Gasteiger partial charge is 0.465 e. The molecule has 4 nitrogen and oxygen atoms in total. The SMILES string of the molecule is CCOC(=O)C1NC1CO[Si](C)(C)C(C)(C)C. The molecule has 0 aliphatic carbocycles. The number of carbonyl (C=O) groups excluding carboxylic acids is 1. The molecule has 0 aromatic carbocycles. The van der Waals surface area contributed by atoms with Crippen LogP contribution in [-0.4, -0.2) is 39.6 Å². The van der Waals surface area contributed by atoms with Crippen molar-refractivity contribution in [2.45, 2.75) is 57.9 Å². The summed E-state index contributed by atoms with van der Waals surface area (Å²) in [7, 11) is -1.70. The number of hydrogen-bond acceptors (Lipinski definition) is 4. The maximum Gasteiger partial charge on any atom is 0.324 e. The van der Waals surface area contributed by atoms with Gasteiger partial charge in [0.15, 0.2) is 8.32 Å². The van der Waals surface area contributed by atoms with Gasteiger partial charge in [0, 0.05) is 0 Å². The molecule has 1 fully saturated rings. The molecule has 1 heterocycles. The van der Waals surface area contributed by atoms with E-state index in [4.69, 9.17) is 9.16 Å². The molecule has 0 amide bonds. The Morgan fingerprint density at radius 1 is 1.35 bits per heavy atom. The van der Waals surface area contributed by atoms with E-state index in [9.17, 15) is 4.79 Å². The lowest BCUT2D eigenvalue weighted by Crippen LogP contribution is -2.42. The highest BCUT2D eigenvalue weighted by Gasteiger charge is 2.46. The number of ether oxygens (including phenoxy) is 1. The summed E-state index contributed by atoms with van der Waals surface area (Å²) in [5.74, 6) is -0.156. The summed E-state index contributed by atoms with van der Waals surface area (Å²) in [5.41, 5.74) is 0. The van der Waals surface area contributed by atoms with Crippen molar-refractivity contribution in [3.8, 4) is 0 Å². The first-order valence-electron chi connectivity index (χ1n) is 6.25. The number of carbonyl (C=O) groups is 1. The molecule has 5 heteroatoms. The Kier molecular flexibility index (Phi) is 4.38. The molecule has 0 saturated carbocycles. The van der Waals surface area contributed by atoms with E-state index in [2.05, 4.69) is 39.2 Å². The number of nitrogens with one attached hydrogen (secondary N) is 1. The van der Waals surface area contributed by atoms with E-state index in [0.29, 0.717) is 13.2 Å². The summed E-state index contributed by atoms with van der Waals surface area (Å²) >= 11 is 0. The van der Waals surface area contributed by atoms with Gasteiger partial charge in [-0.05, 0) is 25.1 Å². The fourth-order valence-corrected chi connectivity index (χ4v) is 2.33. The molecule has 1 N–H and O–H groups in total. The third-order valence-electron chi connectivity index (χ3n) is 3.66. The number of rotatable bonds is 5. The van der Waals surface area contributed by atoms with Crippen LogP contribution < -0.4 is 5.32 Å². The van der Waals surface area contributed by atoms with Crippen molar-refractivity contribution in [1.82, 2.24) is 5.32 Å². The summed E-state index contributed by atoms with van der Waals surface area (Å²) in [4.78, 5) is 11.4. The van der Waals surface area contributed by atoms with Gasteiger partial charge in [-0.1, -0.05) is 20.8 Å². The van der Waals surface area contributed by atoms with Gasteiger partial charge in [0.2, 0.25) is 0 Å². The second kappa shape index (κ2) is 5.08. The van der Waals surface area contributed by atoms with E-state index in [1.165, 1.54) is 0 Å². The maximum absolute atomic E-state index is 11.4. The van der Waals surface area contributed by atoms with E-state index >= 15 is 0 Å². The molecule has 0 aromatic heterocycles. The van der Waals surface area contributed by atoms with Crippen molar-refractivity contribution in [3.63, 3.8) is 0 Å². The lowest BCUT2D eigenvalue weighted by molar-refractivity contribution is -0.142. The van der Waals surface area contributed by atoms with Crippen LogP contribution in [-0.2, 0) is 14.0 Å². The molecule has 0 radical (unpaired) electrons. The van der Waals surface area contributed by atoms with Gasteiger partial charge in [0.25, 0.3) is 0 Å². The molecule has 1 aliphatic rings. The highest BCUT2D eigenvalue weighted by Crippen LogP contribution is 2.37. The normalized spacial score (nSPS) is 24.6. The van der Waals surface area contributed by atoms with Crippen LogP contribution in [0, 0.1) is 0 Å². The average Bonchev–Trinajstić information content (AvgIpc) is 2.92. The van der Waals surface area contributed by atoms with Crippen molar-refractivity contribution in [1.29, 1.82) is 0 Å². The van der Waals surface area contributed by atoms with Gasteiger partial charge in [-0.2, -0.15) is 0 Å². The van der Waals surface area contributed by atoms with Crippen molar-refractivity contribution >= 4 is 14.3 Å². The van der Waals surface area contributed by atoms with Crippen molar-refractivity contribution < 1.29 is 14.0 Å². The van der Waals surface area contributed by atoms with E-state index < -0.39 is 8.32 Å². The van der Waals surface area contributed by atoms with E-state index in [1.807, 2.05) is 6.92 Å². The predicted octanol–water partition coefficient (Wildman–Crippen LogP) is 1.91. The molecule has 1 saturated heterocycles. The third-order valence-corrected chi connectivity index (χ3v) is 8.16. The third kappa shape index (κ3) is 3.79. The fourth-order valence-electron chi connectivity index (χ4n) is 1.30. The first-order valence-corrected chi connectivity index (χ1v) is 9.16. The summed E-state index contributed by atoms with van der Waals surface area (Å²) in [5, 5.41) is 3.31. The van der Waals surface area contributed by atoms with Gasteiger partial charge in [0.1, 0.15) is 6.04 Å². The summed E-state index contributed by atoms with van der Waals surface area (Å²) in [6.45, 7) is 13.9. The minimum Gasteiger partial charge on any atom is -0.465 e. The number of hydrogen-bond donors (Lipinski definition) is 1. The van der Waals surface area contributed by atoms with Crippen LogP contribution in [0.25, 0.3) is 0 Å². The Bertz CT molecular complexity index is 286. The maximum atomic E-state index is 11.4. The van der Waals surface area contributed by atoms with E-state index in [1.54, 1.807) is 0 Å². The van der Waals surface area contributed by atoms with Gasteiger partial charge in [-0.15, -0.1) is 0 Å². The molecule has 2 unspecified atom stereocenters. The molecule has 0 aromatic rings. The number of esters is 1. The fraction of sp³-hybridized carbons (Fsp3) is 0.917. The summed E-state index contributed by atoms with van der Waals surface area (Å²) in [6.07, 6.45) is 0. The standard InChI is InChI=1S/C12H25NO3Si/c1-7-15-11(14)10-9(13-10)8-16-17(5,6)12(2,3)4/h9-10,13H,7-8H2,1-6H3. The Balaban J connectivity index is 2.33. The summed E-state index contributed by atoms with van der Waals surface area (Å²) in [6, 6.07) is -0.0112.